The first-order valence-corrected chi connectivity index (χ1v) is 11.9. The third kappa shape index (κ3) is 6.46. The molecule has 1 atom stereocenters. The lowest BCUT2D eigenvalue weighted by Gasteiger charge is -2.35. The minimum Gasteiger partial charge on any atom is -0.493 e. The highest BCUT2D eigenvalue weighted by atomic mass is 19.1. The van der Waals surface area contributed by atoms with E-state index in [1.165, 1.54) is 6.07 Å². The molecule has 4 heterocycles. The van der Waals surface area contributed by atoms with Crippen molar-refractivity contribution in [1.29, 1.82) is 0 Å². The van der Waals surface area contributed by atoms with Crippen LogP contribution >= 0.6 is 0 Å². The molecule has 9 nitrogen and oxygen atoms in total. The van der Waals surface area contributed by atoms with E-state index in [2.05, 4.69) is 24.9 Å². The average Bonchev–Trinajstić information content (AvgIpc) is 2.85. The number of rotatable bonds is 11. The average molecular weight is 481 g/mol. The van der Waals surface area contributed by atoms with Crippen molar-refractivity contribution >= 4 is 11.8 Å². The van der Waals surface area contributed by atoms with E-state index in [9.17, 15) is 9.18 Å². The van der Waals surface area contributed by atoms with Crippen molar-refractivity contribution in [3.05, 3.63) is 54.0 Å². The van der Waals surface area contributed by atoms with Crippen molar-refractivity contribution < 1.29 is 19.0 Å². The topological polar surface area (TPSA) is 114 Å². The summed E-state index contributed by atoms with van der Waals surface area (Å²) >= 11 is 0. The number of unbranched alkanes of at least 4 members (excludes halogenated alkanes) is 4. The maximum absolute atomic E-state index is 14.3. The van der Waals surface area contributed by atoms with Gasteiger partial charge < -0.3 is 14.7 Å². The molecule has 4 rings (SSSR count). The van der Waals surface area contributed by atoms with Crippen LogP contribution in [0.1, 0.15) is 62.7 Å². The van der Waals surface area contributed by atoms with Crippen LogP contribution in [0.25, 0.3) is 11.6 Å². The number of fused-ring (bicyclic) bond motifs is 1. The predicted molar refractivity (Wildman–Crippen MR) is 128 cm³/mol. The first-order chi connectivity index (χ1) is 17.0. The number of hydrogen-bond acceptors (Lipinski definition) is 8. The number of hydrogen-bond donors (Lipinski definition) is 1. The zero-order chi connectivity index (χ0) is 24.6. The fraction of sp³-hybridized carbons (Fsp3) is 0.440. The number of pyridine rings is 1. The number of anilines is 1. The van der Waals surface area contributed by atoms with Gasteiger partial charge in [0.2, 0.25) is 5.95 Å². The maximum atomic E-state index is 14.3. The smallest absolute Gasteiger partial charge is 0.303 e. The van der Waals surface area contributed by atoms with E-state index in [1.807, 2.05) is 11.8 Å². The number of carboxylic acids is 1. The Labute approximate surface area is 203 Å². The number of carboxylic acid groups (broad SMARTS) is 1. The predicted octanol–water partition coefficient (Wildman–Crippen LogP) is 4.40. The van der Waals surface area contributed by atoms with E-state index >= 15 is 0 Å². The highest BCUT2D eigenvalue weighted by molar-refractivity contribution is 5.66. The van der Waals surface area contributed by atoms with E-state index in [4.69, 9.17) is 9.84 Å². The highest BCUT2D eigenvalue weighted by Gasteiger charge is 2.27. The van der Waals surface area contributed by atoms with Crippen molar-refractivity contribution in [3.8, 4) is 17.4 Å². The third-order valence-corrected chi connectivity index (χ3v) is 6.02. The van der Waals surface area contributed by atoms with Gasteiger partial charge in [0.05, 0.1) is 18.3 Å². The summed E-state index contributed by atoms with van der Waals surface area (Å²) in [5, 5.41) is 8.67. The summed E-state index contributed by atoms with van der Waals surface area (Å²) in [6.07, 6.45) is 10.3. The van der Waals surface area contributed by atoms with Gasteiger partial charge in [0.25, 0.3) is 0 Å². The molecule has 0 radical (unpaired) electrons. The van der Waals surface area contributed by atoms with Crippen LogP contribution in [0.4, 0.5) is 10.2 Å². The molecule has 1 N–H and O–H groups in total. The minimum absolute atomic E-state index is 0.0857. The molecule has 35 heavy (non-hydrogen) atoms. The summed E-state index contributed by atoms with van der Waals surface area (Å²) in [5.41, 5.74) is 1.90. The van der Waals surface area contributed by atoms with E-state index in [0.717, 1.165) is 36.9 Å². The molecule has 0 aliphatic carbocycles. The molecule has 10 heteroatoms. The molecule has 1 unspecified atom stereocenters. The van der Waals surface area contributed by atoms with Gasteiger partial charge in [-0.15, -0.1) is 0 Å². The van der Waals surface area contributed by atoms with Crippen molar-refractivity contribution in [2.45, 2.75) is 57.9 Å². The van der Waals surface area contributed by atoms with Gasteiger partial charge >= 0.3 is 5.97 Å². The summed E-state index contributed by atoms with van der Waals surface area (Å²) in [5.74, 6) is 0.601. The summed E-state index contributed by atoms with van der Waals surface area (Å²) in [7, 11) is 0. The molecular formula is C25H29FN6O3. The first kappa shape index (κ1) is 24.4. The van der Waals surface area contributed by atoms with Crippen molar-refractivity contribution in [2.24, 2.45) is 0 Å². The van der Waals surface area contributed by atoms with E-state index < -0.39 is 11.9 Å². The van der Waals surface area contributed by atoms with Gasteiger partial charge in [-0.05, 0) is 25.8 Å². The molecule has 1 aliphatic rings. The van der Waals surface area contributed by atoms with Gasteiger partial charge in [-0.2, -0.15) is 4.39 Å². The molecule has 0 spiro atoms. The first-order valence-electron chi connectivity index (χ1n) is 11.9. The standard InChI is InChI=1S/C25H29FN6O3/c1-17-19-16-29-25(24-27-10-7-11-28-24)30-20(19)9-12-32(17)22-15-18(14-21(26)31-22)35-13-6-4-2-3-5-8-23(33)34/h7,10-11,14-17H,2-6,8-9,12-13H2,1H3,(H,33,34). The van der Waals surface area contributed by atoms with Crippen molar-refractivity contribution in [2.75, 3.05) is 18.1 Å². The molecule has 1 aliphatic heterocycles. The fourth-order valence-electron chi connectivity index (χ4n) is 4.19. The largest absolute Gasteiger partial charge is 0.493 e. The summed E-state index contributed by atoms with van der Waals surface area (Å²) in [6.45, 7) is 3.13. The van der Waals surface area contributed by atoms with Crippen LogP contribution in [-0.4, -0.2) is 49.1 Å². The Morgan fingerprint density at radius 2 is 1.86 bits per heavy atom. The molecule has 0 fully saturated rings. The highest BCUT2D eigenvalue weighted by Crippen LogP contribution is 2.33. The van der Waals surface area contributed by atoms with Crippen LogP contribution < -0.4 is 9.64 Å². The molecule has 0 saturated heterocycles. The van der Waals surface area contributed by atoms with E-state index in [1.54, 1.807) is 30.7 Å². The fourth-order valence-corrected chi connectivity index (χ4v) is 4.19. The zero-order valence-corrected chi connectivity index (χ0v) is 19.7. The van der Waals surface area contributed by atoms with Crippen LogP contribution in [-0.2, 0) is 11.2 Å². The van der Waals surface area contributed by atoms with Gasteiger partial charge in [0.1, 0.15) is 11.6 Å². The van der Waals surface area contributed by atoms with Crippen LogP contribution in [0.15, 0.2) is 36.8 Å². The number of aromatic nitrogens is 5. The summed E-state index contributed by atoms with van der Waals surface area (Å²) in [6, 6.07) is 4.73. The van der Waals surface area contributed by atoms with E-state index in [-0.39, 0.29) is 12.5 Å². The van der Waals surface area contributed by atoms with E-state index in [0.29, 0.717) is 49.2 Å². The Morgan fingerprint density at radius 1 is 1.09 bits per heavy atom. The molecule has 0 amide bonds. The normalized spacial score (nSPS) is 15.0. The van der Waals surface area contributed by atoms with Gasteiger partial charge in [0.15, 0.2) is 11.6 Å². The van der Waals surface area contributed by atoms with Gasteiger partial charge in [-0.3, -0.25) is 4.79 Å². The second-order valence-corrected chi connectivity index (χ2v) is 8.53. The SMILES string of the molecule is CC1c2cnc(-c3ncccn3)nc2CCN1c1cc(OCCCCCCCC(=O)O)cc(F)n1. The zero-order valence-electron chi connectivity index (χ0n) is 19.7. The van der Waals surface area contributed by atoms with Gasteiger partial charge in [-0.1, -0.05) is 19.3 Å². The number of halogens is 1. The third-order valence-electron chi connectivity index (χ3n) is 6.02. The van der Waals surface area contributed by atoms with Crippen LogP contribution in [0.3, 0.4) is 0 Å². The Kier molecular flexibility index (Phi) is 8.12. The summed E-state index contributed by atoms with van der Waals surface area (Å²) in [4.78, 5) is 34.2. The van der Waals surface area contributed by atoms with Crippen LogP contribution in [0.2, 0.25) is 0 Å². The molecule has 0 bridgehead atoms. The minimum atomic E-state index is -0.755. The van der Waals surface area contributed by atoms with Crippen molar-refractivity contribution in [3.63, 3.8) is 0 Å². The van der Waals surface area contributed by atoms with Crippen LogP contribution in [0.5, 0.6) is 5.75 Å². The monoisotopic (exact) mass is 480 g/mol. The lowest BCUT2D eigenvalue weighted by Crippen LogP contribution is -2.35. The Balaban J connectivity index is 1.36. The Bertz CT molecular complexity index is 1150. The quantitative estimate of drug-likeness (QED) is 0.315. The second kappa shape index (κ2) is 11.6. The van der Waals surface area contributed by atoms with Gasteiger partial charge in [0, 0.05) is 55.7 Å². The number of carbonyl (C=O) groups is 1. The summed E-state index contributed by atoms with van der Waals surface area (Å²) < 4.78 is 20.1. The van der Waals surface area contributed by atoms with Gasteiger partial charge in [-0.25, -0.2) is 24.9 Å². The maximum Gasteiger partial charge on any atom is 0.303 e. The number of nitrogens with zero attached hydrogens (tertiary/aromatic N) is 6. The Morgan fingerprint density at radius 3 is 2.66 bits per heavy atom. The number of aliphatic carboxylic acids is 1. The molecule has 3 aromatic rings. The Hall–Kier alpha value is -3.69. The lowest BCUT2D eigenvalue weighted by molar-refractivity contribution is -0.137. The van der Waals surface area contributed by atoms with Crippen LogP contribution in [0, 0.1) is 5.95 Å². The second-order valence-electron chi connectivity index (χ2n) is 8.53. The molecule has 3 aromatic heterocycles. The van der Waals surface area contributed by atoms with Crippen molar-refractivity contribution in [1.82, 2.24) is 24.9 Å². The lowest BCUT2D eigenvalue weighted by atomic mass is 9.99. The molecule has 184 valence electrons. The number of ether oxygens (including phenoxy) is 1. The molecular weight excluding hydrogens is 451 g/mol. The molecule has 0 saturated carbocycles. The molecule has 0 aromatic carbocycles.